The number of hydrogen-bond acceptors (Lipinski definition) is 4. The number of hydrogen-bond donors (Lipinski definition) is 2. The van der Waals surface area contributed by atoms with Gasteiger partial charge in [0.25, 0.3) is 0 Å². The van der Waals surface area contributed by atoms with E-state index in [1.807, 2.05) is 25.1 Å². The summed E-state index contributed by atoms with van der Waals surface area (Å²) in [6.07, 6.45) is 3.55. The number of carbonyl (C=O) groups excluding carboxylic acids is 1. The molecule has 0 spiro atoms. The van der Waals surface area contributed by atoms with Crippen LogP contribution in [-0.2, 0) is 11.2 Å². The number of guanidine groups is 1. The molecule has 0 fully saturated rings. The van der Waals surface area contributed by atoms with Crippen molar-refractivity contribution in [1.82, 2.24) is 15.5 Å². The number of amides is 1. The van der Waals surface area contributed by atoms with Gasteiger partial charge in [-0.25, -0.2) is 4.99 Å². The van der Waals surface area contributed by atoms with Crippen LogP contribution in [0.1, 0.15) is 18.9 Å². The normalized spacial score (nSPS) is 10.5. The fourth-order valence-corrected chi connectivity index (χ4v) is 2.28. The van der Waals surface area contributed by atoms with Crippen LogP contribution in [0.15, 0.2) is 35.8 Å². The second-order valence-electron chi connectivity index (χ2n) is 6.07. The SMILES string of the molecule is C=CCNC(=NCC(=O)N(C)C)NCCCc1ccc(OC)c(OCC)c1.I. The van der Waals surface area contributed by atoms with Gasteiger partial charge in [-0.1, -0.05) is 12.1 Å². The van der Waals surface area contributed by atoms with Crippen molar-refractivity contribution in [2.45, 2.75) is 19.8 Å². The number of nitrogens with zero attached hydrogens (tertiary/aromatic N) is 2. The van der Waals surface area contributed by atoms with Gasteiger partial charge in [0.05, 0.1) is 13.7 Å². The number of halogens is 1. The maximum Gasteiger partial charge on any atom is 0.243 e. The zero-order valence-electron chi connectivity index (χ0n) is 17.3. The molecule has 0 aliphatic carbocycles. The molecule has 8 heteroatoms. The van der Waals surface area contributed by atoms with Crippen LogP contribution in [0.3, 0.4) is 0 Å². The fraction of sp³-hybridized carbons (Fsp3) is 0.500. The summed E-state index contributed by atoms with van der Waals surface area (Å²) in [5.41, 5.74) is 1.18. The molecule has 0 bridgehead atoms. The lowest BCUT2D eigenvalue weighted by atomic mass is 10.1. The van der Waals surface area contributed by atoms with Crippen molar-refractivity contribution in [2.24, 2.45) is 4.99 Å². The molecule has 0 aliphatic rings. The molecule has 0 radical (unpaired) electrons. The van der Waals surface area contributed by atoms with Crippen LogP contribution >= 0.6 is 24.0 Å². The summed E-state index contributed by atoms with van der Waals surface area (Å²) in [5, 5.41) is 6.36. The van der Waals surface area contributed by atoms with Crippen LogP contribution in [0, 0.1) is 0 Å². The number of ether oxygens (including phenoxy) is 2. The molecule has 0 unspecified atom stereocenters. The molecule has 7 nitrogen and oxygen atoms in total. The van der Waals surface area contributed by atoms with E-state index < -0.39 is 0 Å². The van der Waals surface area contributed by atoms with E-state index in [-0.39, 0.29) is 36.4 Å². The van der Waals surface area contributed by atoms with Gasteiger partial charge in [-0.3, -0.25) is 4.79 Å². The Labute approximate surface area is 185 Å². The van der Waals surface area contributed by atoms with Gasteiger partial charge in [-0.05, 0) is 37.5 Å². The number of carbonyl (C=O) groups is 1. The first-order chi connectivity index (χ1) is 13.0. The van der Waals surface area contributed by atoms with Crippen molar-refractivity contribution in [2.75, 3.05) is 47.4 Å². The van der Waals surface area contributed by atoms with E-state index in [4.69, 9.17) is 9.47 Å². The highest BCUT2D eigenvalue weighted by molar-refractivity contribution is 14.0. The Hall–Kier alpha value is -1.97. The number of benzene rings is 1. The lowest BCUT2D eigenvalue weighted by Gasteiger charge is -2.13. The minimum atomic E-state index is -0.0450. The van der Waals surface area contributed by atoms with E-state index in [2.05, 4.69) is 22.2 Å². The van der Waals surface area contributed by atoms with Crippen molar-refractivity contribution >= 4 is 35.8 Å². The summed E-state index contributed by atoms with van der Waals surface area (Å²) in [5.74, 6) is 2.07. The Balaban J connectivity index is 0.00000729. The Bertz CT molecular complexity index is 636. The quantitative estimate of drug-likeness (QED) is 0.159. The number of nitrogens with one attached hydrogen (secondary N) is 2. The largest absolute Gasteiger partial charge is 0.493 e. The molecular formula is C20H33IN4O3. The number of aliphatic imine (C=N–C) groups is 1. The molecule has 1 amide bonds. The average Bonchev–Trinajstić information content (AvgIpc) is 2.66. The van der Waals surface area contributed by atoms with E-state index in [9.17, 15) is 4.79 Å². The third-order valence-electron chi connectivity index (χ3n) is 3.75. The first-order valence-corrected chi connectivity index (χ1v) is 9.14. The second-order valence-corrected chi connectivity index (χ2v) is 6.07. The molecule has 0 saturated heterocycles. The van der Waals surface area contributed by atoms with Gasteiger partial charge in [-0.15, -0.1) is 30.6 Å². The molecule has 1 aromatic rings. The Kier molecular flexibility index (Phi) is 14.0. The second kappa shape index (κ2) is 15.0. The molecule has 28 heavy (non-hydrogen) atoms. The Morgan fingerprint density at radius 1 is 1.29 bits per heavy atom. The maximum absolute atomic E-state index is 11.7. The van der Waals surface area contributed by atoms with E-state index in [0.29, 0.717) is 19.1 Å². The summed E-state index contributed by atoms with van der Waals surface area (Å²) in [7, 11) is 5.07. The summed E-state index contributed by atoms with van der Waals surface area (Å²) >= 11 is 0. The molecule has 0 aromatic heterocycles. The minimum absolute atomic E-state index is 0. The van der Waals surface area contributed by atoms with Crippen LogP contribution in [0.2, 0.25) is 0 Å². The smallest absolute Gasteiger partial charge is 0.243 e. The first kappa shape index (κ1) is 26.0. The molecular weight excluding hydrogens is 471 g/mol. The van der Waals surface area contributed by atoms with Crippen molar-refractivity contribution < 1.29 is 14.3 Å². The van der Waals surface area contributed by atoms with Crippen molar-refractivity contribution in [3.8, 4) is 11.5 Å². The third kappa shape index (κ3) is 9.82. The summed E-state index contributed by atoms with van der Waals surface area (Å²) < 4.78 is 10.9. The van der Waals surface area contributed by atoms with Crippen LogP contribution in [0.4, 0.5) is 0 Å². The zero-order chi connectivity index (χ0) is 20.1. The van der Waals surface area contributed by atoms with Crippen LogP contribution in [-0.4, -0.2) is 64.2 Å². The van der Waals surface area contributed by atoms with Gasteiger partial charge < -0.3 is 25.0 Å². The van der Waals surface area contributed by atoms with Gasteiger partial charge in [0.15, 0.2) is 17.5 Å². The predicted octanol–water partition coefficient (Wildman–Crippen LogP) is 2.45. The van der Waals surface area contributed by atoms with E-state index in [1.54, 1.807) is 27.3 Å². The molecule has 0 heterocycles. The highest BCUT2D eigenvalue weighted by Crippen LogP contribution is 2.28. The lowest BCUT2D eigenvalue weighted by Crippen LogP contribution is -2.39. The number of likely N-dealkylation sites (N-methyl/N-ethyl adjacent to an activating group) is 1. The van der Waals surface area contributed by atoms with Gasteiger partial charge in [0.1, 0.15) is 6.54 Å². The van der Waals surface area contributed by atoms with E-state index in [0.717, 1.165) is 30.9 Å². The predicted molar refractivity (Wildman–Crippen MR) is 125 cm³/mol. The van der Waals surface area contributed by atoms with Crippen LogP contribution in [0.5, 0.6) is 11.5 Å². The van der Waals surface area contributed by atoms with Crippen LogP contribution in [0.25, 0.3) is 0 Å². The first-order valence-electron chi connectivity index (χ1n) is 9.14. The Morgan fingerprint density at radius 3 is 2.64 bits per heavy atom. The summed E-state index contributed by atoms with van der Waals surface area (Å²) in [6.45, 7) is 7.66. The van der Waals surface area contributed by atoms with Crippen LogP contribution < -0.4 is 20.1 Å². The van der Waals surface area contributed by atoms with Gasteiger partial charge in [0, 0.05) is 27.2 Å². The number of aryl methyl sites for hydroxylation is 1. The molecule has 2 N–H and O–H groups in total. The maximum atomic E-state index is 11.7. The molecule has 1 aromatic carbocycles. The van der Waals surface area contributed by atoms with Gasteiger partial charge in [0.2, 0.25) is 5.91 Å². The molecule has 1 rings (SSSR count). The highest BCUT2D eigenvalue weighted by Gasteiger charge is 2.06. The Morgan fingerprint density at radius 2 is 2.04 bits per heavy atom. The number of methoxy groups -OCH3 is 1. The fourth-order valence-electron chi connectivity index (χ4n) is 2.28. The zero-order valence-corrected chi connectivity index (χ0v) is 19.6. The van der Waals surface area contributed by atoms with E-state index in [1.165, 1.54) is 10.5 Å². The molecule has 0 atom stereocenters. The minimum Gasteiger partial charge on any atom is -0.493 e. The van der Waals surface area contributed by atoms with Crippen molar-refractivity contribution in [3.05, 3.63) is 36.4 Å². The van der Waals surface area contributed by atoms with Gasteiger partial charge >= 0.3 is 0 Å². The lowest BCUT2D eigenvalue weighted by molar-refractivity contribution is -0.127. The topological polar surface area (TPSA) is 75.2 Å². The monoisotopic (exact) mass is 504 g/mol. The third-order valence-corrected chi connectivity index (χ3v) is 3.75. The van der Waals surface area contributed by atoms with Crippen molar-refractivity contribution in [3.63, 3.8) is 0 Å². The molecule has 158 valence electrons. The summed E-state index contributed by atoms with van der Waals surface area (Å²) in [4.78, 5) is 17.5. The summed E-state index contributed by atoms with van der Waals surface area (Å²) in [6, 6.07) is 5.99. The highest BCUT2D eigenvalue weighted by atomic mass is 127. The molecule has 0 saturated carbocycles. The van der Waals surface area contributed by atoms with E-state index >= 15 is 0 Å². The molecule has 0 aliphatic heterocycles. The average molecular weight is 504 g/mol. The van der Waals surface area contributed by atoms with Gasteiger partial charge in [-0.2, -0.15) is 0 Å². The standard InChI is InChI=1S/C20H32N4O3.HI/c1-6-12-21-20(23-15-19(25)24(3)4)22-13-8-9-16-10-11-17(26-5)18(14-16)27-7-2;/h6,10-11,14H,1,7-9,12-13,15H2,2-5H3,(H2,21,22,23);1H. The number of rotatable bonds is 11. The van der Waals surface area contributed by atoms with Crippen molar-refractivity contribution in [1.29, 1.82) is 0 Å².